The van der Waals surface area contributed by atoms with Gasteiger partial charge in [-0.15, -0.1) is 0 Å². The maximum absolute atomic E-state index is 12.7. The number of hydrogen-bond acceptors (Lipinski definition) is 6. The van der Waals surface area contributed by atoms with Gasteiger partial charge in [0.2, 0.25) is 5.95 Å². The molecule has 3 rings (SSSR count). The number of carbonyl (C=O) groups excluding carboxylic acids is 1. The summed E-state index contributed by atoms with van der Waals surface area (Å²) < 4.78 is 10.5. The zero-order valence-corrected chi connectivity index (χ0v) is 16.4. The largest absolute Gasteiger partial charge is 0.493 e. The first-order chi connectivity index (χ1) is 13.5. The topological polar surface area (TPSA) is 85.4 Å². The maximum Gasteiger partial charge on any atom is 0.274 e. The summed E-state index contributed by atoms with van der Waals surface area (Å²) in [5.41, 5.74) is 2.22. The number of aromatic nitrogens is 2. The molecule has 8 heteroatoms. The number of amides is 1. The summed E-state index contributed by atoms with van der Waals surface area (Å²) in [6.45, 7) is 1.79. The van der Waals surface area contributed by atoms with Crippen molar-refractivity contribution in [2.45, 2.75) is 6.92 Å². The molecule has 0 unspecified atom stereocenters. The SMILES string of the molecule is COc1ccc(NC(=O)c2cc(C)nc(Nc3ccc(Cl)cc3)n2)cc1OC. The number of ether oxygens (including phenoxy) is 2. The number of carbonyl (C=O) groups is 1. The minimum Gasteiger partial charge on any atom is -0.493 e. The molecule has 2 N–H and O–H groups in total. The van der Waals surface area contributed by atoms with Crippen molar-refractivity contribution in [3.63, 3.8) is 0 Å². The van der Waals surface area contributed by atoms with Crippen LogP contribution in [0.15, 0.2) is 48.5 Å². The van der Waals surface area contributed by atoms with E-state index in [0.717, 1.165) is 5.69 Å². The third kappa shape index (κ3) is 4.69. The Hall–Kier alpha value is -3.32. The van der Waals surface area contributed by atoms with Crippen molar-refractivity contribution < 1.29 is 14.3 Å². The predicted molar refractivity (Wildman–Crippen MR) is 109 cm³/mol. The third-order valence-electron chi connectivity index (χ3n) is 3.83. The van der Waals surface area contributed by atoms with Crippen LogP contribution in [0.1, 0.15) is 16.2 Å². The van der Waals surface area contributed by atoms with Crippen LogP contribution in [0.25, 0.3) is 0 Å². The molecule has 0 saturated heterocycles. The van der Waals surface area contributed by atoms with Crippen LogP contribution in [0.3, 0.4) is 0 Å². The first-order valence-corrected chi connectivity index (χ1v) is 8.78. The molecule has 0 bridgehead atoms. The van der Waals surface area contributed by atoms with Crippen LogP contribution in [0.5, 0.6) is 11.5 Å². The second-order valence-corrected chi connectivity index (χ2v) is 6.31. The Morgan fingerprint density at radius 3 is 2.29 bits per heavy atom. The molecule has 0 aliphatic carbocycles. The third-order valence-corrected chi connectivity index (χ3v) is 4.08. The zero-order chi connectivity index (χ0) is 20.1. The van der Waals surface area contributed by atoms with Crippen LogP contribution < -0.4 is 20.1 Å². The summed E-state index contributed by atoms with van der Waals surface area (Å²) in [6.07, 6.45) is 0. The number of aryl methyl sites for hydroxylation is 1. The van der Waals surface area contributed by atoms with Gasteiger partial charge >= 0.3 is 0 Å². The van der Waals surface area contributed by atoms with Gasteiger partial charge in [-0.2, -0.15) is 0 Å². The highest BCUT2D eigenvalue weighted by Gasteiger charge is 2.13. The molecule has 28 heavy (non-hydrogen) atoms. The number of halogens is 1. The van der Waals surface area contributed by atoms with Crippen molar-refractivity contribution in [2.24, 2.45) is 0 Å². The zero-order valence-electron chi connectivity index (χ0n) is 15.6. The van der Waals surface area contributed by atoms with E-state index in [0.29, 0.717) is 33.9 Å². The van der Waals surface area contributed by atoms with E-state index in [4.69, 9.17) is 21.1 Å². The smallest absolute Gasteiger partial charge is 0.274 e. The Balaban J connectivity index is 1.80. The fraction of sp³-hybridized carbons (Fsp3) is 0.150. The molecular weight excluding hydrogens is 380 g/mol. The molecule has 3 aromatic rings. The van der Waals surface area contributed by atoms with Crippen molar-refractivity contribution in [2.75, 3.05) is 24.9 Å². The van der Waals surface area contributed by atoms with E-state index in [9.17, 15) is 4.79 Å². The van der Waals surface area contributed by atoms with Gasteiger partial charge in [-0.25, -0.2) is 9.97 Å². The molecule has 1 aromatic heterocycles. The molecule has 0 radical (unpaired) electrons. The number of benzene rings is 2. The van der Waals surface area contributed by atoms with E-state index < -0.39 is 0 Å². The Morgan fingerprint density at radius 1 is 0.929 bits per heavy atom. The monoisotopic (exact) mass is 398 g/mol. The number of methoxy groups -OCH3 is 2. The van der Waals surface area contributed by atoms with E-state index in [-0.39, 0.29) is 11.6 Å². The first-order valence-electron chi connectivity index (χ1n) is 8.40. The molecule has 2 aromatic carbocycles. The van der Waals surface area contributed by atoms with Crippen molar-refractivity contribution in [1.29, 1.82) is 0 Å². The number of nitrogens with zero attached hydrogens (tertiary/aromatic N) is 2. The molecule has 1 heterocycles. The van der Waals surface area contributed by atoms with Crippen molar-refractivity contribution in [1.82, 2.24) is 9.97 Å². The van der Waals surface area contributed by atoms with Crippen LogP contribution in [0.4, 0.5) is 17.3 Å². The van der Waals surface area contributed by atoms with E-state index >= 15 is 0 Å². The Labute approximate surface area is 167 Å². The summed E-state index contributed by atoms with van der Waals surface area (Å²) in [5, 5.41) is 6.50. The number of nitrogens with one attached hydrogen (secondary N) is 2. The number of rotatable bonds is 6. The molecular formula is C20H19ClN4O3. The molecule has 0 fully saturated rings. The molecule has 0 saturated carbocycles. The lowest BCUT2D eigenvalue weighted by Gasteiger charge is -2.11. The lowest BCUT2D eigenvalue weighted by Crippen LogP contribution is -2.15. The summed E-state index contributed by atoms with van der Waals surface area (Å²) in [6, 6.07) is 13.8. The van der Waals surface area contributed by atoms with Gasteiger partial charge in [-0.1, -0.05) is 11.6 Å². The number of anilines is 3. The Kier molecular flexibility index (Phi) is 5.96. The van der Waals surface area contributed by atoms with E-state index in [1.807, 2.05) is 0 Å². The van der Waals surface area contributed by atoms with E-state index in [1.165, 1.54) is 7.11 Å². The molecule has 0 spiro atoms. The normalized spacial score (nSPS) is 10.3. The summed E-state index contributed by atoms with van der Waals surface area (Å²) in [5.74, 6) is 1.05. The average Bonchev–Trinajstić information content (AvgIpc) is 2.69. The van der Waals surface area contributed by atoms with Crippen LogP contribution >= 0.6 is 11.6 Å². The van der Waals surface area contributed by atoms with Gasteiger partial charge in [0.05, 0.1) is 14.2 Å². The molecule has 0 aliphatic heterocycles. The van der Waals surface area contributed by atoms with Gasteiger partial charge in [-0.05, 0) is 49.4 Å². The molecule has 1 amide bonds. The second kappa shape index (κ2) is 8.58. The van der Waals surface area contributed by atoms with Gasteiger partial charge in [0, 0.05) is 28.2 Å². The Morgan fingerprint density at radius 2 is 1.61 bits per heavy atom. The lowest BCUT2D eigenvalue weighted by molar-refractivity contribution is 0.102. The van der Waals surface area contributed by atoms with Crippen LogP contribution in [0, 0.1) is 6.92 Å². The standard InChI is InChI=1S/C20H19ClN4O3/c1-12-10-16(25-20(22-12)24-14-6-4-13(21)5-7-14)19(26)23-15-8-9-17(27-2)18(11-15)28-3/h4-11H,1-3H3,(H,23,26)(H,22,24,25). The molecule has 0 aliphatic rings. The first kappa shape index (κ1) is 19.4. The highest BCUT2D eigenvalue weighted by Crippen LogP contribution is 2.30. The van der Waals surface area contributed by atoms with Crippen LogP contribution in [-0.4, -0.2) is 30.1 Å². The molecule has 0 atom stereocenters. The molecule has 7 nitrogen and oxygen atoms in total. The van der Waals surface area contributed by atoms with Crippen molar-refractivity contribution in [3.8, 4) is 11.5 Å². The van der Waals surface area contributed by atoms with Gasteiger partial charge in [0.1, 0.15) is 5.69 Å². The minimum atomic E-state index is -0.364. The van der Waals surface area contributed by atoms with E-state index in [1.54, 1.807) is 62.6 Å². The van der Waals surface area contributed by atoms with Gasteiger partial charge < -0.3 is 20.1 Å². The van der Waals surface area contributed by atoms with E-state index in [2.05, 4.69) is 20.6 Å². The summed E-state index contributed by atoms with van der Waals surface area (Å²) >= 11 is 5.90. The van der Waals surface area contributed by atoms with Gasteiger partial charge in [0.25, 0.3) is 5.91 Å². The fourth-order valence-corrected chi connectivity index (χ4v) is 2.64. The number of hydrogen-bond donors (Lipinski definition) is 2. The minimum absolute atomic E-state index is 0.235. The van der Waals surface area contributed by atoms with Crippen molar-refractivity contribution in [3.05, 3.63) is 64.9 Å². The molecule has 144 valence electrons. The fourth-order valence-electron chi connectivity index (χ4n) is 2.51. The van der Waals surface area contributed by atoms with Crippen LogP contribution in [-0.2, 0) is 0 Å². The summed E-state index contributed by atoms with van der Waals surface area (Å²) in [7, 11) is 3.08. The predicted octanol–water partition coefficient (Wildman–Crippen LogP) is 4.45. The average molecular weight is 399 g/mol. The Bertz CT molecular complexity index is 993. The van der Waals surface area contributed by atoms with Gasteiger partial charge in [0.15, 0.2) is 11.5 Å². The van der Waals surface area contributed by atoms with Gasteiger partial charge in [-0.3, -0.25) is 4.79 Å². The second-order valence-electron chi connectivity index (χ2n) is 5.87. The maximum atomic E-state index is 12.7. The highest BCUT2D eigenvalue weighted by atomic mass is 35.5. The highest BCUT2D eigenvalue weighted by molar-refractivity contribution is 6.30. The lowest BCUT2D eigenvalue weighted by atomic mass is 10.2. The van der Waals surface area contributed by atoms with Crippen LogP contribution in [0.2, 0.25) is 5.02 Å². The summed E-state index contributed by atoms with van der Waals surface area (Å²) in [4.78, 5) is 21.3. The quantitative estimate of drug-likeness (QED) is 0.638. The van der Waals surface area contributed by atoms with Crippen molar-refractivity contribution >= 4 is 34.8 Å².